The smallest absolute Gasteiger partial charge is 0.139 e. The zero-order chi connectivity index (χ0) is 15.7. The monoisotopic (exact) mass is 333 g/mol. The van der Waals surface area contributed by atoms with Crippen LogP contribution in [0.2, 0.25) is 10.0 Å². The van der Waals surface area contributed by atoms with Crippen molar-refractivity contribution < 1.29 is 9.84 Å². The minimum atomic E-state index is -0.565. The highest BCUT2D eigenvalue weighted by molar-refractivity contribution is 6.34. The van der Waals surface area contributed by atoms with Gasteiger partial charge in [-0.3, -0.25) is 0 Å². The minimum Gasteiger partial charge on any atom is -0.489 e. The Bertz CT molecular complexity index is 413. The van der Waals surface area contributed by atoms with Gasteiger partial charge in [0.15, 0.2) is 0 Å². The van der Waals surface area contributed by atoms with Crippen molar-refractivity contribution in [3.8, 4) is 5.75 Å². The van der Waals surface area contributed by atoms with Crippen molar-refractivity contribution in [1.29, 1.82) is 0 Å². The Labute approximate surface area is 137 Å². The van der Waals surface area contributed by atoms with E-state index in [2.05, 4.69) is 19.2 Å². The number of aliphatic hydroxyl groups excluding tert-OH is 1. The number of nitrogens with one attached hydrogen (secondary N) is 1. The molecule has 0 radical (unpaired) electrons. The number of hydrogen-bond acceptors (Lipinski definition) is 3. The molecule has 0 saturated carbocycles. The lowest BCUT2D eigenvalue weighted by atomic mass is 10.1. The quantitative estimate of drug-likeness (QED) is 0.632. The first-order chi connectivity index (χ1) is 9.99. The van der Waals surface area contributed by atoms with E-state index >= 15 is 0 Å². The normalized spacial score (nSPS) is 12.7. The lowest BCUT2D eigenvalue weighted by molar-refractivity contribution is 0.106. The molecule has 2 N–H and O–H groups in total. The van der Waals surface area contributed by atoms with Gasteiger partial charge in [0.05, 0.1) is 5.02 Å². The van der Waals surface area contributed by atoms with E-state index in [1.807, 2.05) is 0 Å². The summed E-state index contributed by atoms with van der Waals surface area (Å²) in [5, 5.41) is 14.1. The van der Waals surface area contributed by atoms with Crippen LogP contribution in [0, 0.1) is 5.92 Å². The molecule has 1 unspecified atom stereocenters. The average molecular weight is 334 g/mol. The van der Waals surface area contributed by atoms with Crippen molar-refractivity contribution in [3.05, 3.63) is 28.2 Å². The molecule has 0 aliphatic heterocycles. The van der Waals surface area contributed by atoms with E-state index in [1.165, 1.54) is 12.8 Å². The maximum absolute atomic E-state index is 9.85. The third-order valence-electron chi connectivity index (χ3n) is 3.09. The standard InChI is InChI=1S/C16H25Cl2NO2/c1-12(2)5-3-4-8-19-10-14(20)11-21-16-9-13(17)6-7-15(16)18/h6-7,9,12,14,19-20H,3-5,8,10-11H2,1-2H3. The molecular formula is C16H25Cl2NO2. The van der Waals surface area contributed by atoms with Gasteiger partial charge >= 0.3 is 0 Å². The molecule has 1 aromatic carbocycles. The van der Waals surface area contributed by atoms with Crippen molar-refractivity contribution in [2.24, 2.45) is 5.92 Å². The van der Waals surface area contributed by atoms with Crippen molar-refractivity contribution >= 4 is 23.2 Å². The van der Waals surface area contributed by atoms with Crippen LogP contribution in [0.3, 0.4) is 0 Å². The van der Waals surface area contributed by atoms with Crippen LogP contribution in [0.15, 0.2) is 18.2 Å². The van der Waals surface area contributed by atoms with Crippen molar-refractivity contribution in [2.45, 2.75) is 39.2 Å². The molecule has 0 fully saturated rings. The molecule has 0 heterocycles. The van der Waals surface area contributed by atoms with Crippen LogP contribution < -0.4 is 10.1 Å². The molecule has 5 heteroatoms. The molecule has 1 rings (SSSR count). The Hall–Kier alpha value is -0.480. The number of rotatable bonds is 10. The fourth-order valence-corrected chi connectivity index (χ4v) is 2.24. The molecule has 0 aliphatic carbocycles. The molecule has 1 atom stereocenters. The molecule has 0 aliphatic rings. The first-order valence-corrected chi connectivity index (χ1v) is 8.21. The molecule has 0 aromatic heterocycles. The Morgan fingerprint density at radius 2 is 2.00 bits per heavy atom. The Kier molecular flexibility index (Phi) is 9.09. The lowest BCUT2D eigenvalue weighted by Gasteiger charge is -2.14. The molecule has 1 aromatic rings. The van der Waals surface area contributed by atoms with Gasteiger partial charge in [0.2, 0.25) is 0 Å². The predicted molar refractivity (Wildman–Crippen MR) is 89.5 cm³/mol. The molecule has 0 bridgehead atoms. The summed E-state index contributed by atoms with van der Waals surface area (Å²) in [6, 6.07) is 5.03. The van der Waals surface area contributed by atoms with Crippen LogP contribution in [0.5, 0.6) is 5.75 Å². The van der Waals surface area contributed by atoms with Crippen molar-refractivity contribution in [1.82, 2.24) is 5.32 Å². The highest BCUT2D eigenvalue weighted by atomic mass is 35.5. The maximum Gasteiger partial charge on any atom is 0.139 e. The van der Waals surface area contributed by atoms with E-state index in [-0.39, 0.29) is 6.61 Å². The number of unbranched alkanes of at least 4 members (excludes halogenated alkanes) is 1. The number of benzene rings is 1. The summed E-state index contributed by atoms with van der Waals surface area (Å²) >= 11 is 11.9. The summed E-state index contributed by atoms with van der Waals surface area (Å²) in [5.41, 5.74) is 0. The summed E-state index contributed by atoms with van der Waals surface area (Å²) in [6.45, 7) is 6.09. The fraction of sp³-hybridized carbons (Fsp3) is 0.625. The zero-order valence-electron chi connectivity index (χ0n) is 12.7. The van der Waals surface area contributed by atoms with Gasteiger partial charge in [0.1, 0.15) is 18.5 Å². The summed E-state index contributed by atoms with van der Waals surface area (Å²) in [7, 11) is 0. The van der Waals surface area contributed by atoms with Gasteiger partial charge < -0.3 is 15.2 Å². The van der Waals surface area contributed by atoms with E-state index < -0.39 is 6.10 Å². The first-order valence-electron chi connectivity index (χ1n) is 7.45. The van der Waals surface area contributed by atoms with Crippen molar-refractivity contribution in [3.63, 3.8) is 0 Å². The molecule has 120 valence electrons. The van der Waals surface area contributed by atoms with Gasteiger partial charge in [0.25, 0.3) is 0 Å². The van der Waals surface area contributed by atoms with E-state index in [0.717, 1.165) is 18.9 Å². The van der Waals surface area contributed by atoms with Crippen molar-refractivity contribution in [2.75, 3.05) is 19.7 Å². The lowest BCUT2D eigenvalue weighted by Crippen LogP contribution is -2.32. The Morgan fingerprint density at radius 1 is 1.24 bits per heavy atom. The second-order valence-corrected chi connectivity index (χ2v) is 6.48. The van der Waals surface area contributed by atoms with Crippen LogP contribution in [0.4, 0.5) is 0 Å². The second kappa shape index (κ2) is 10.3. The maximum atomic E-state index is 9.85. The molecule has 21 heavy (non-hydrogen) atoms. The SMILES string of the molecule is CC(C)CCCCNCC(O)COc1cc(Cl)ccc1Cl. The number of ether oxygens (including phenoxy) is 1. The largest absolute Gasteiger partial charge is 0.489 e. The minimum absolute atomic E-state index is 0.194. The molecule has 0 amide bonds. The van der Waals surface area contributed by atoms with Gasteiger partial charge in [-0.15, -0.1) is 0 Å². The van der Waals surface area contributed by atoms with Crippen LogP contribution in [-0.2, 0) is 0 Å². The summed E-state index contributed by atoms with van der Waals surface area (Å²) < 4.78 is 5.48. The topological polar surface area (TPSA) is 41.5 Å². The van der Waals surface area contributed by atoms with Gasteiger partial charge in [0, 0.05) is 17.6 Å². The number of hydrogen-bond donors (Lipinski definition) is 2. The Morgan fingerprint density at radius 3 is 2.71 bits per heavy atom. The summed E-state index contributed by atoms with van der Waals surface area (Å²) in [6.07, 6.45) is 3.03. The molecule has 0 spiro atoms. The highest BCUT2D eigenvalue weighted by Gasteiger charge is 2.07. The number of halogens is 2. The third-order valence-corrected chi connectivity index (χ3v) is 3.64. The van der Waals surface area contributed by atoms with Crippen LogP contribution in [-0.4, -0.2) is 30.9 Å². The van der Waals surface area contributed by atoms with E-state index in [0.29, 0.717) is 22.3 Å². The highest BCUT2D eigenvalue weighted by Crippen LogP contribution is 2.27. The summed E-state index contributed by atoms with van der Waals surface area (Å²) in [4.78, 5) is 0. The van der Waals surface area contributed by atoms with Gasteiger partial charge in [-0.05, 0) is 31.0 Å². The van der Waals surface area contributed by atoms with Gasteiger partial charge in [-0.2, -0.15) is 0 Å². The first kappa shape index (κ1) is 18.6. The van der Waals surface area contributed by atoms with Gasteiger partial charge in [-0.1, -0.05) is 49.9 Å². The Balaban J connectivity index is 2.13. The average Bonchev–Trinajstić information content (AvgIpc) is 2.43. The van der Waals surface area contributed by atoms with E-state index in [9.17, 15) is 5.11 Å². The van der Waals surface area contributed by atoms with Crippen LogP contribution in [0.25, 0.3) is 0 Å². The fourth-order valence-electron chi connectivity index (χ4n) is 1.90. The van der Waals surface area contributed by atoms with Gasteiger partial charge in [-0.25, -0.2) is 0 Å². The molecule has 0 saturated heterocycles. The van der Waals surface area contributed by atoms with Crippen LogP contribution in [0.1, 0.15) is 33.1 Å². The van der Waals surface area contributed by atoms with Crippen LogP contribution >= 0.6 is 23.2 Å². The number of aliphatic hydroxyl groups is 1. The molecular weight excluding hydrogens is 309 g/mol. The summed E-state index contributed by atoms with van der Waals surface area (Å²) in [5.74, 6) is 1.26. The second-order valence-electron chi connectivity index (χ2n) is 5.63. The van der Waals surface area contributed by atoms with E-state index in [1.54, 1.807) is 18.2 Å². The zero-order valence-corrected chi connectivity index (χ0v) is 14.3. The van der Waals surface area contributed by atoms with E-state index in [4.69, 9.17) is 27.9 Å². The predicted octanol–water partition coefficient (Wildman–Crippen LogP) is 4.15. The third kappa shape index (κ3) is 8.52. The molecule has 3 nitrogen and oxygen atoms in total.